The van der Waals surface area contributed by atoms with Crippen molar-refractivity contribution >= 4 is 0 Å². The monoisotopic (exact) mass is 307 g/mol. The number of halogens is 4. The van der Waals surface area contributed by atoms with Gasteiger partial charge in [-0.3, -0.25) is 0 Å². The third-order valence-corrected chi connectivity index (χ3v) is 3.10. The molecule has 0 spiro atoms. The van der Waals surface area contributed by atoms with Gasteiger partial charge in [0.25, 0.3) is 0 Å². The van der Waals surface area contributed by atoms with E-state index < -0.39 is 19.0 Å². The standard InChI is InChI=1S/C15H21F4NO/c1-10-4-11(2)6-12(5-10)7-13(20-3)8-21-9-15(18,19)14(16)17/h4-6,13-14,20H,7-9H2,1-3H3. The van der Waals surface area contributed by atoms with Crippen LogP contribution in [-0.2, 0) is 11.2 Å². The molecule has 0 aromatic heterocycles. The Kier molecular flexibility index (Phi) is 6.61. The molecule has 1 unspecified atom stereocenters. The molecule has 0 aliphatic carbocycles. The first kappa shape index (κ1) is 17.9. The highest BCUT2D eigenvalue weighted by molar-refractivity contribution is 5.29. The third-order valence-electron chi connectivity index (χ3n) is 3.10. The molecule has 2 nitrogen and oxygen atoms in total. The number of likely N-dealkylation sites (N-methyl/N-ethyl adjacent to an activating group) is 1. The second-order valence-electron chi connectivity index (χ2n) is 5.26. The van der Waals surface area contributed by atoms with Crippen LogP contribution in [0.25, 0.3) is 0 Å². The van der Waals surface area contributed by atoms with E-state index in [1.54, 1.807) is 7.05 Å². The first-order chi connectivity index (χ1) is 9.74. The topological polar surface area (TPSA) is 21.3 Å². The Morgan fingerprint density at radius 1 is 1.14 bits per heavy atom. The van der Waals surface area contributed by atoms with E-state index in [0.29, 0.717) is 6.42 Å². The lowest BCUT2D eigenvalue weighted by molar-refractivity contribution is -0.166. The maximum atomic E-state index is 12.7. The van der Waals surface area contributed by atoms with Crippen LogP contribution in [-0.4, -0.2) is 38.7 Å². The summed E-state index contributed by atoms with van der Waals surface area (Å²) in [6.07, 6.45) is -3.12. The molecular formula is C15H21F4NO. The lowest BCUT2D eigenvalue weighted by Gasteiger charge is -2.20. The zero-order chi connectivity index (χ0) is 16.0. The number of hydrogen-bond acceptors (Lipinski definition) is 2. The van der Waals surface area contributed by atoms with Crippen LogP contribution < -0.4 is 5.32 Å². The number of benzene rings is 1. The van der Waals surface area contributed by atoms with Crippen LogP contribution in [0, 0.1) is 13.8 Å². The molecule has 120 valence electrons. The molecule has 6 heteroatoms. The van der Waals surface area contributed by atoms with Crippen LogP contribution in [0.2, 0.25) is 0 Å². The van der Waals surface area contributed by atoms with Gasteiger partial charge in [-0.2, -0.15) is 8.78 Å². The van der Waals surface area contributed by atoms with Gasteiger partial charge in [-0.1, -0.05) is 29.3 Å². The van der Waals surface area contributed by atoms with E-state index in [9.17, 15) is 17.6 Å². The van der Waals surface area contributed by atoms with Crippen LogP contribution in [0.3, 0.4) is 0 Å². The predicted molar refractivity (Wildman–Crippen MR) is 74.2 cm³/mol. The minimum atomic E-state index is -4.10. The molecular weight excluding hydrogens is 286 g/mol. The van der Waals surface area contributed by atoms with Crippen molar-refractivity contribution in [2.24, 2.45) is 0 Å². The van der Waals surface area contributed by atoms with Gasteiger partial charge in [0.2, 0.25) is 0 Å². The summed E-state index contributed by atoms with van der Waals surface area (Å²) in [4.78, 5) is 0. The molecule has 0 heterocycles. The van der Waals surface area contributed by atoms with E-state index in [4.69, 9.17) is 4.74 Å². The Hall–Kier alpha value is -1.14. The van der Waals surface area contributed by atoms with E-state index in [1.807, 2.05) is 32.0 Å². The van der Waals surface area contributed by atoms with Crippen molar-refractivity contribution in [3.8, 4) is 0 Å². The summed E-state index contributed by atoms with van der Waals surface area (Å²) in [7, 11) is 1.68. The van der Waals surface area contributed by atoms with Gasteiger partial charge >= 0.3 is 12.3 Å². The van der Waals surface area contributed by atoms with Crippen molar-refractivity contribution in [3.63, 3.8) is 0 Å². The Bertz CT molecular complexity index is 431. The maximum Gasteiger partial charge on any atom is 0.330 e. The van der Waals surface area contributed by atoms with Crippen molar-refractivity contribution in [1.29, 1.82) is 0 Å². The Morgan fingerprint density at radius 3 is 2.19 bits per heavy atom. The van der Waals surface area contributed by atoms with Gasteiger partial charge in [0.1, 0.15) is 6.61 Å². The lowest BCUT2D eigenvalue weighted by Crippen LogP contribution is -2.37. The number of alkyl halides is 4. The number of hydrogen-bond donors (Lipinski definition) is 1. The molecule has 0 aliphatic heterocycles. The van der Waals surface area contributed by atoms with Crippen molar-refractivity contribution in [3.05, 3.63) is 34.9 Å². The number of ether oxygens (including phenoxy) is 1. The molecule has 0 amide bonds. The van der Waals surface area contributed by atoms with Gasteiger partial charge in [-0.15, -0.1) is 0 Å². The quantitative estimate of drug-likeness (QED) is 0.744. The molecule has 0 saturated heterocycles. The average Bonchev–Trinajstić information content (AvgIpc) is 2.35. The summed E-state index contributed by atoms with van der Waals surface area (Å²) < 4.78 is 54.2. The zero-order valence-corrected chi connectivity index (χ0v) is 12.4. The molecule has 1 rings (SSSR count). The summed E-state index contributed by atoms with van der Waals surface area (Å²) >= 11 is 0. The van der Waals surface area contributed by atoms with E-state index in [-0.39, 0.29) is 12.6 Å². The second kappa shape index (κ2) is 7.75. The van der Waals surface area contributed by atoms with Crippen molar-refractivity contribution < 1.29 is 22.3 Å². The summed E-state index contributed by atoms with van der Waals surface area (Å²) in [6, 6.07) is 5.84. The Labute approximate surface area is 122 Å². The second-order valence-corrected chi connectivity index (χ2v) is 5.26. The first-order valence-corrected chi connectivity index (χ1v) is 6.72. The van der Waals surface area contributed by atoms with Crippen molar-refractivity contribution in [2.75, 3.05) is 20.3 Å². The van der Waals surface area contributed by atoms with E-state index in [2.05, 4.69) is 5.32 Å². The fraction of sp³-hybridized carbons (Fsp3) is 0.600. The molecule has 1 N–H and O–H groups in total. The summed E-state index contributed by atoms with van der Waals surface area (Å²) in [6.45, 7) is 2.64. The van der Waals surface area contributed by atoms with Crippen LogP contribution in [0.4, 0.5) is 17.6 Å². The van der Waals surface area contributed by atoms with Gasteiger partial charge < -0.3 is 10.1 Å². The first-order valence-electron chi connectivity index (χ1n) is 6.72. The summed E-state index contributed by atoms with van der Waals surface area (Å²) in [5.74, 6) is -4.10. The minimum Gasteiger partial charge on any atom is -0.373 e. The molecule has 0 aliphatic rings. The fourth-order valence-corrected chi connectivity index (χ4v) is 2.12. The number of rotatable bonds is 8. The molecule has 1 aromatic rings. The fourth-order valence-electron chi connectivity index (χ4n) is 2.12. The third kappa shape index (κ3) is 6.01. The highest BCUT2D eigenvalue weighted by Gasteiger charge is 2.41. The van der Waals surface area contributed by atoms with Gasteiger partial charge in [-0.25, -0.2) is 8.78 Å². The van der Waals surface area contributed by atoms with Gasteiger partial charge in [-0.05, 0) is 32.9 Å². The molecule has 0 fully saturated rings. The Balaban J connectivity index is 2.52. The van der Waals surface area contributed by atoms with Crippen molar-refractivity contribution in [2.45, 2.75) is 38.7 Å². The van der Waals surface area contributed by atoms with Gasteiger partial charge in [0.15, 0.2) is 0 Å². The molecule has 1 aromatic carbocycles. The summed E-state index contributed by atoms with van der Waals surface area (Å²) in [5, 5.41) is 2.95. The minimum absolute atomic E-state index is 0.0498. The maximum absolute atomic E-state index is 12.7. The van der Waals surface area contributed by atoms with Crippen LogP contribution >= 0.6 is 0 Å². The van der Waals surface area contributed by atoms with Crippen LogP contribution in [0.15, 0.2) is 18.2 Å². The summed E-state index contributed by atoms with van der Waals surface area (Å²) in [5.41, 5.74) is 3.28. The van der Waals surface area contributed by atoms with Gasteiger partial charge in [0, 0.05) is 6.04 Å². The van der Waals surface area contributed by atoms with E-state index >= 15 is 0 Å². The SMILES string of the molecule is CNC(COCC(F)(F)C(F)F)Cc1cc(C)cc(C)c1. The van der Waals surface area contributed by atoms with Crippen LogP contribution in [0.1, 0.15) is 16.7 Å². The molecule has 0 radical (unpaired) electrons. The molecule has 0 bridgehead atoms. The van der Waals surface area contributed by atoms with Gasteiger partial charge in [0.05, 0.1) is 6.61 Å². The number of aryl methyl sites for hydroxylation is 2. The molecule has 21 heavy (non-hydrogen) atoms. The largest absolute Gasteiger partial charge is 0.373 e. The van der Waals surface area contributed by atoms with Crippen LogP contribution in [0.5, 0.6) is 0 Å². The normalized spacial score (nSPS) is 13.7. The van der Waals surface area contributed by atoms with Crippen molar-refractivity contribution in [1.82, 2.24) is 5.32 Å². The average molecular weight is 307 g/mol. The Morgan fingerprint density at radius 2 is 1.71 bits per heavy atom. The van der Waals surface area contributed by atoms with E-state index in [0.717, 1.165) is 16.7 Å². The smallest absolute Gasteiger partial charge is 0.330 e. The highest BCUT2D eigenvalue weighted by Crippen LogP contribution is 2.23. The molecule has 0 saturated carbocycles. The lowest BCUT2D eigenvalue weighted by atomic mass is 10.0. The molecule has 1 atom stereocenters. The predicted octanol–water partition coefficient (Wildman–Crippen LogP) is 3.35. The van der Waals surface area contributed by atoms with E-state index in [1.165, 1.54) is 0 Å². The number of nitrogens with one attached hydrogen (secondary N) is 1. The zero-order valence-electron chi connectivity index (χ0n) is 12.4. The highest BCUT2D eigenvalue weighted by atomic mass is 19.3.